The summed E-state index contributed by atoms with van der Waals surface area (Å²) < 4.78 is 0. The second-order valence-electron chi connectivity index (χ2n) is 4.29. The van der Waals surface area contributed by atoms with E-state index >= 15 is 0 Å². The Morgan fingerprint density at radius 3 is 2.25 bits per heavy atom. The largest absolute Gasteiger partial charge is 0.396 e. The van der Waals surface area contributed by atoms with E-state index in [9.17, 15) is 0 Å². The highest BCUT2D eigenvalue weighted by molar-refractivity contribution is 5.26. The summed E-state index contributed by atoms with van der Waals surface area (Å²) in [7, 11) is 0. The van der Waals surface area contributed by atoms with Crippen LogP contribution in [0.15, 0.2) is 24.3 Å². The van der Waals surface area contributed by atoms with E-state index in [1.807, 2.05) is 0 Å². The fraction of sp³-hybridized carbons (Fsp3) is 0.571. The molecule has 0 aliphatic carbocycles. The van der Waals surface area contributed by atoms with E-state index in [-0.39, 0.29) is 18.6 Å². The second kappa shape index (κ2) is 6.66. The fourth-order valence-electron chi connectivity index (χ4n) is 2.05. The molecule has 1 aromatic carbocycles. The Morgan fingerprint density at radius 1 is 1.19 bits per heavy atom. The lowest BCUT2D eigenvalue weighted by Gasteiger charge is -2.22. The molecule has 0 saturated carbocycles. The Labute approximate surface area is 98.5 Å². The van der Waals surface area contributed by atoms with Crippen molar-refractivity contribution >= 4 is 0 Å². The van der Waals surface area contributed by atoms with Gasteiger partial charge in [-0.25, -0.2) is 0 Å². The smallest absolute Gasteiger partial charge is 0.0437 e. The Bertz CT molecular complexity index is 294. The summed E-state index contributed by atoms with van der Waals surface area (Å²) in [5.74, 6) is 0.279. The number of aliphatic hydroxyl groups is 1. The van der Waals surface area contributed by atoms with Gasteiger partial charge in [0, 0.05) is 18.6 Å². The molecule has 0 aromatic heterocycles. The maximum absolute atomic E-state index is 9.09. The summed E-state index contributed by atoms with van der Waals surface area (Å²) in [4.78, 5) is 0. The fourth-order valence-corrected chi connectivity index (χ4v) is 2.05. The van der Waals surface area contributed by atoms with Crippen molar-refractivity contribution in [3.63, 3.8) is 0 Å². The predicted octanol–water partition coefficient (Wildman–Crippen LogP) is 2.45. The van der Waals surface area contributed by atoms with Crippen molar-refractivity contribution in [3.8, 4) is 0 Å². The van der Waals surface area contributed by atoms with E-state index in [2.05, 4.69) is 38.1 Å². The molecule has 2 heteroatoms. The van der Waals surface area contributed by atoms with E-state index in [0.717, 1.165) is 19.3 Å². The molecule has 0 saturated heterocycles. The third kappa shape index (κ3) is 3.32. The summed E-state index contributed by atoms with van der Waals surface area (Å²) in [6.45, 7) is 4.45. The van der Waals surface area contributed by atoms with Gasteiger partial charge in [-0.15, -0.1) is 0 Å². The number of benzene rings is 1. The standard InChI is InChI=1S/C14H23NO/c1-3-11-5-7-12(8-6-11)13(9-10-16)14(15)4-2/h5-8,13-14,16H,3-4,9-10,15H2,1-2H3. The number of aryl methyl sites for hydroxylation is 1. The van der Waals surface area contributed by atoms with Crippen LogP contribution in [0.5, 0.6) is 0 Å². The van der Waals surface area contributed by atoms with Crippen LogP contribution >= 0.6 is 0 Å². The molecule has 0 bridgehead atoms. The first kappa shape index (κ1) is 13.2. The van der Waals surface area contributed by atoms with Crippen LogP contribution in [0.3, 0.4) is 0 Å². The molecule has 0 spiro atoms. The molecule has 0 amide bonds. The molecule has 2 unspecified atom stereocenters. The third-order valence-electron chi connectivity index (χ3n) is 3.24. The lowest BCUT2D eigenvalue weighted by molar-refractivity contribution is 0.266. The number of hydrogen-bond acceptors (Lipinski definition) is 2. The monoisotopic (exact) mass is 221 g/mol. The van der Waals surface area contributed by atoms with Gasteiger partial charge in [-0.2, -0.15) is 0 Å². The van der Waals surface area contributed by atoms with E-state index in [1.54, 1.807) is 0 Å². The molecule has 2 atom stereocenters. The first-order valence-electron chi connectivity index (χ1n) is 6.18. The molecular formula is C14H23NO. The van der Waals surface area contributed by atoms with Gasteiger partial charge in [-0.1, -0.05) is 38.1 Å². The molecule has 2 nitrogen and oxygen atoms in total. The summed E-state index contributed by atoms with van der Waals surface area (Å²) in [6, 6.07) is 8.74. The molecule has 1 aromatic rings. The summed E-state index contributed by atoms with van der Waals surface area (Å²) >= 11 is 0. The van der Waals surface area contributed by atoms with Gasteiger partial charge in [-0.05, 0) is 30.4 Å². The minimum atomic E-state index is 0.139. The van der Waals surface area contributed by atoms with Crippen LogP contribution in [0.2, 0.25) is 0 Å². The van der Waals surface area contributed by atoms with Gasteiger partial charge in [0.05, 0.1) is 0 Å². The van der Waals surface area contributed by atoms with Crippen molar-refractivity contribution in [1.82, 2.24) is 0 Å². The van der Waals surface area contributed by atoms with Crippen LogP contribution in [0.1, 0.15) is 43.7 Å². The second-order valence-corrected chi connectivity index (χ2v) is 4.29. The topological polar surface area (TPSA) is 46.2 Å². The van der Waals surface area contributed by atoms with Crippen LogP contribution in [0.4, 0.5) is 0 Å². The molecule has 0 aliphatic rings. The van der Waals surface area contributed by atoms with Gasteiger partial charge < -0.3 is 10.8 Å². The minimum Gasteiger partial charge on any atom is -0.396 e. The van der Waals surface area contributed by atoms with E-state index in [1.165, 1.54) is 11.1 Å². The zero-order chi connectivity index (χ0) is 12.0. The van der Waals surface area contributed by atoms with Crippen LogP contribution in [0.25, 0.3) is 0 Å². The van der Waals surface area contributed by atoms with Crippen LogP contribution in [0, 0.1) is 0 Å². The SMILES string of the molecule is CCc1ccc(C(CCO)C(N)CC)cc1. The maximum atomic E-state index is 9.09. The normalized spacial score (nSPS) is 14.8. The average Bonchev–Trinajstić information content (AvgIpc) is 2.35. The molecule has 3 N–H and O–H groups in total. The van der Waals surface area contributed by atoms with Crippen molar-refractivity contribution in [2.24, 2.45) is 5.73 Å². The number of aliphatic hydroxyl groups excluding tert-OH is 1. The molecule has 0 heterocycles. The Hall–Kier alpha value is -0.860. The Morgan fingerprint density at radius 2 is 1.81 bits per heavy atom. The van der Waals surface area contributed by atoms with Crippen molar-refractivity contribution in [1.29, 1.82) is 0 Å². The molecule has 0 aliphatic heterocycles. The number of nitrogens with two attached hydrogens (primary N) is 1. The van der Waals surface area contributed by atoms with Gasteiger partial charge in [0.1, 0.15) is 0 Å². The van der Waals surface area contributed by atoms with Crippen LogP contribution in [-0.2, 0) is 6.42 Å². The van der Waals surface area contributed by atoms with Gasteiger partial charge in [0.25, 0.3) is 0 Å². The molecule has 0 fully saturated rings. The lowest BCUT2D eigenvalue weighted by atomic mass is 9.87. The first-order chi connectivity index (χ1) is 7.72. The Kier molecular flexibility index (Phi) is 5.50. The highest BCUT2D eigenvalue weighted by Crippen LogP contribution is 2.24. The van der Waals surface area contributed by atoms with Crippen molar-refractivity contribution in [2.45, 2.75) is 45.1 Å². The quantitative estimate of drug-likeness (QED) is 0.775. The van der Waals surface area contributed by atoms with Gasteiger partial charge in [0.15, 0.2) is 0 Å². The molecule has 1 rings (SSSR count). The zero-order valence-electron chi connectivity index (χ0n) is 10.3. The van der Waals surface area contributed by atoms with E-state index < -0.39 is 0 Å². The minimum absolute atomic E-state index is 0.139. The average molecular weight is 221 g/mol. The highest BCUT2D eigenvalue weighted by Gasteiger charge is 2.17. The van der Waals surface area contributed by atoms with Crippen LogP contribution in [-0.4, -0.2) is 17.8 Å². The van der Waals surface area contributed by atoms with Gasteiger partial charge in [0.2, 0.25) is 0 Å². The number of hydrogen-bond donors (Lipinski definition) is 2. The van der Waals surface area contributed by atoms with E-state index in [0.29, 0.717) is 0 Å². The zero-order valence-corrected chi connectivity index (χ0v) is 10.3. The first-order valence-corrected chi connectivity index (χ1v) is 6.18. The van der Waals surface area contributed by atoms with Gasteiger partial charge >= 0.3 is 0 Å². The third-order valence-corrected chi connectivity index (χ3v) is 3.24. The highest BCUT2D eigenvalue weighted by atomic mass is 16.3. The lowest BCUT2D eigenvalue weighted by Crippen LogP contribution is -2.28. The van der Waals surface area contributed by atoms with Crippen LogP contribution < -0.4 is 5.73 Å². The summed E-state index contributed by atoms with van der Waals surface area (Å²) in [6.07, 6.45) is 2.76. The summed E-state index contributed by atoms with van der Waals surface area (Å²) in [5, 5.41) is 9.09. The predicted molar refractivity (Wildman–Crippen MR) is 68.5 cm³/mol. The molecule has 0 radical (unpaired) electrons. The summed E-state index contributed by atoms with van der Waals surface area (Å²) in [5.41, 5.74) is 8.69. The molecule has 16 heavy (non-hydrogen) atoms. The van der Waals surface area contributed by atoms with Crippen molar-refractivity contribution in [3.05, 3.63) is 35.4 Å². The van der Waals surface area contributed by atoms with Crippen molar-refractivity contribution in [2.75, 3.05) is 6.61 Å². The van der Waals surface area contributed by atoms with E-state index in [4.69, 9.17) is 10.8 Å². The van der Waals surface area contributed by atoms with Gasteiger partial charge in [-0.3, -0.25) is 0 Å². The maximum Gasteiger partial charge on any atom is 0.0437 e. The molecular weight excluding hydrogens is 198 g/mol. The Balaban J connectivity index is 2.83. The molecule has 90 valence electrons. The number of rotatable bonds is 6. The van der Waals surface area contributed by atoms with Crippen molar-refractivity contribution < 1.29 is 5.11 Å².